The number of hydrogen-bond donors (Lipinski definition) is 3. The Morgan fingerprint density at radius 3 is 2.24 bits per heavy atom. The highest BCUT2D eigenvalue weighted by molar-refractivity contribution is 5.94. The first kappa shape index (κ1) is 23.6. The van der Waals surface area contributed by atoms with Crippen LogP contribution in [-0.4, -0.2) is 66.7 Å². The van der Waals surface area contributed by atoms with E-state index >= 15 is 0 Å². The van der Waals surface area contributed by atoms with E-state index in [2.05, 4.69) is 4.98 Å². The molecule has 6 rings (SSSR count). The highest BCUT2D eigenvalue weighted by Crippen LogP contribution is 2.64. The van der Waals surface area contributed by atoms with E-state index in [0.29, 0.717) is 39.9 Å². The van der Waals surface area contributed by atoms with Crippen LogP contribution in [0.5, 0.6) is 5.75 Å². The molecule has 3 aromatic heterocycles. The standard InChI is InChI=1S/C28H23N5O5/c1-38-23-9-8-15(11-18(23)29)16-12-21(19-6-2-3-10-30-19)32-22(13-16)20-7-4-5-17(31-20)14-28-24(26(34)35)33(28)25(28)27(36)37/h2-13,24-25H,14,29H2,1H3,(H,34,35)(H,36,37). The van der Waals surface area contributed by atoms with Gasteiger partial charge in [-0.2, -0.15) is 0 Å². The zero-order valence-electron chi connectivity index (χ0n) is 20.3. The van der Waals surface area contributed by atoms with Crippen LogP contribution in [0.4, 0.5) is 5.69 Å². The first-order valence-electron chi connectivity index (χ1n) is 11.9. The van der Waals surface area contributed by atoms with Gasteiger partial charge in [0.25, 0.3) is 0 Å². The molecule has 0 amide bonds. The number of nitrogen functional groups attached to an aromatic ring is 1. The second kappa shape index (κ2) is 8.63. The van der Waals surface area contributed by atoms with Crippen molar-refractivity contribution in [3.05, 3.63) is 78.6 Å². The Balaban J connectivity index is 1.40. The minimum absolute atomic E-state index is 0.219. The molecule has 2 fully saturated rings. The van der Waals surface area contributed by atoms with E-state index in [1.807, 2.05) is 54.6 Å². The number of aromatic nitrogens is 3. The number of hydrogen-bond acceptors (Lipinski definition) is 8. The second-order valence-corrected chi connectivity index (χ2v) is 9.37. The number of benzene rings is 1. The minimum Gasteiger partial charge on any atom is -0.495 e. The molecule has 2 aliphatic heterocycles. The third kappa shape index (κ3) is 3.73. The third-order valence-electron chi connectivity index (χ3n) is 7.17. The van der Waals surface area contributed by atoms with Crippen molar-refractivity contribution >= 4 is 17.6 Å². The molecule has 4 aromatic rings. The molecule has 190 valence electrons. The number of carboxylic acid groups (broad SMARTS) is 2. The van der Waals surface area contributed by atoms with Gasteiger partial charge in [0.2, 0.25) is 0 Å². The molecule has 0 bridgehead atoms. The molecule has 4 N–H and O–H groups in total. The van der Waals surface area contributed by atoms with Gasteiger partial charge in [0.15, 0.2) is 0 Å². The number of carbonyl (C=O) groups is 2. The lowest BCUT2D eigenvalue weighted by Crippen LogP contribution is -2.37. The molecule has 2 unspecified atom stereocenters. The summed E-state index contributed by atoms with van der Waals surface area (Å²) in [5.74, 6) is -1.46. The Morgan fingerprint density at radius 1 is 0.895 bits per heavy atom. The molecule has 5 heterocycles. The number of nitrogens with two attached hydrogens (primary N) is 1. The number of aliphatic carboxylic acids is 2. The van der Waals surface area contributed by atoms with E-state index in [4.69, 9.17) is 20.4 Å². The molecule has 0 aliphatic carbocycles. The van der Waals surface area contributed by atoms with Crippen LogP contribution >= 0.6 is 0 Å². The predicted molar refractivity (Wildman–Crippen MR) is 138 cm³/mol. The summed E-state index contributed by atoms with van der Waals surface area (Å²) < 4.78 is 5.29. The summed E-state index contributed by atoms with van der Waals surface area (Å²) >= 11 is 0. The van der Waals surface area contributed by atoms with Gasteiger partial charge in [0.05, 0.1) is 41.1 Å². The fourth-order valence-corrected chi connectivity index (χ4v) is 5.30. The van der Waals surface area contributed by atoms with Gasteiger partial charge in [-0.15, -0.1) is 0 Å². The summed E-state index contributed by atoms with van der Waals surface area (Å²) in [6.07, 6.45) is 1.91. The van der Waals surface area contributed by atoms with Crippen molar-refractivity contribution in [2.75, 3.05) is 12.8 Å². The van der Waals surface area contributed by atoms with Gasteiger partial charge >= 0.3 is 11.9 Å². The summed E-state index contributed by atoms with van der Waals surface area (Å²) in [5, 5.41) is 18.9. The third-order valence-corrected chi connectivity index (χ3v) is 7.17. The van der Waals surface area contributed by atoms with E-state index in [1.165, 1.54) is 4.90 Å². The highest BCUT2D eigenvalue weighted by Gasteiger charge is 2.90. The fourth-order valence-electron chi connectivity index (χ4n) is 5.30. The molecule has 0 saturated carbocycles. The monoisotopic (exact) mass is 509 g/mol. The molecule has 2 atom stereocenters. The van der Waals surface area contributed by atoms with Crippen LogP contribution in [0.1, 0.15) is 5.69 Å². The van der Waals surface area contributed by atoms with Crippen LogP contribution in [0.15, 0.2) is 72.9 Å². The Morgan fingerprint density at radius 2 is 1.61 bits per heavy atom. The van der Waals surface area contributed by atoms with Crippen molar-refractivity contribution in [1.82, 2.24) is 19.9 Å². The summed E-state index contributed by atoms with van der Waals surface area (Å²) in [5.41, 5.74) is 10.6. The zero-order chi connectivity index (χ0) is 26.6. The average molecular weight is 510 g/mol. The number of fused-ring (bicyclic) bond motifs is 1. The van der Waals surface area contributed by atoms with Gasteiger partial charge in [-0.1, -0.05) is 18.2 Å². The average Bonchev–Trinajstić information content (AvgIpc) is 3.77. The molecule has 10 heteroatoms. The largest absolute Gasteiger partial charge is 0.495 e. The SMILES string of the molecule is COc1ccc(-c2cc(-c3ccccn3)nc(-c3cccc(CC45C(C(=O)O)N4C5C(=O)O)n3)c2)cc1N. The Hall–Kier alpha value is -4.83. The van der Waals surface area contributed by atoms with Crippen LogP contribution in [0.2, 0.25) is 0 Å². The van der Waals surface area contributed by atoms with Gasteiger partial charge < -0.3 is 20.7 Å². The van der Waals surface area contributed by atoms with Crippen LogP contribution in [0, 0.1) is 0 Å². The van der Waals surface area contributed by atoms with Crippen LogP contribution < -0.4 is 10.5 Å². The summed E-state index contributed by atoms with van der Waals surface area (Å²) in [6.45, 7) is 0. The topological polar surface area (TPSA) is 152 Å². The first-order valence-corrected chi connectivity index (χ1v) is 11.9. The maximum atomic E-state index is 11.6. The smallest absolute Gasteiger partial charge is 0.323 e. The predicted octanol–water partition coefficient (Wildman–Crippen LogP) is 2.98. The van der Waals surface area contributed by atoms with Crippen molar-refractivity contribution in [1.29, 1.82) is 0 Å². The number of carboxylic acids is 2. The van der Waals surface area contributed by atoms with E-state index in [9.17, 15) is 19.8 Å². The lowest BCUT2D eigenvalue weighted by molar-refractivity contribution is -0.142. The van der Waals surface area contributed by atoms with Gasteiger partial charge in [-0.25, -0.2) is 4.98 Å². The lowest BCUT2D eigenvalue weighted by atomic mass is 9.94. The minimum atomic E-state index is -1.02. The fraction of sp³-hybridized carbons (Fsp3) is 0.179. The number of anilines is 1. The molecule has 10 nitrogen and oxygen atoms in total. The molecular weight excluding hydrogens is 486 g/mol. The lowest BCUT2D eigenvalue weighted by Gasteiger charge is -2.13. The molecule has 38 heavy (non-hydrogen) atoms. The Kier molecular flexibility index (Phi) is 5.35. The zero-order valence-corrected chi connectivity index (χ0v) is 20.3. The van der Waals surface area contributed by atoms with Crippen molar-refractivity contribution in [2.45, 2.75) is 24.0 Å². The van der Waals surface area contributed by atoms with Gasteiger partial charge in [-0.3, -0.25) is 24.5 Å². The molecule has 0 spiro atoms. The second-order valence-electron chi connectivity index (χ2n) is 9.37. The summed E-state index contributed by atoms with van der Waals surface area (Å²) in [4.78, 5) is 38.7. The van der Waals surface area contributed by atoms with Crippen molar-refractivity contribution in [3.8, 4) is 39.7 Å². The molecule has 0 radical (unpaired) electrons. The number of rotatable bonds is 8. The molecule has 2 saturated heterocycles. The number of ether oxygens (including phenoxy) is 1. The van der Waals surface area contributed by atoms with Crippen molar-refractivity contribution < 1.29 is 24.5 Å². The van der Waals surface area contributed by atoms with Crippen molar-refractivity contribution in [3.63, 3.8) is 0 Å². The van der Waals surface area contributed by atoms with E-state index in [-0.39, 0.29) is 6.42 Å². The quantitative estimate of drug-likeness (QED) is 0.239. The van der Waals surface area contributed by atoms with Crippen LogP contribution in [-0.2, 0) is 16.0 Å². The summed E-state index contributed by atoms with van der Waals surface area (Å²) in [7, 11) is 1.56. The van der Waals surface area contributed by atoms with Crippen LogP contribution in [0.3, 0.4) is 0 Å². The van der Waals surface area contributed by atoms with Crippen LogP contribution in [0.25, 0.3) is 33.9 Å². The van der Waals surface area contributed by atoms with E-state index in [1.54, 1.807) is 25.4 Å². The van der Waals surface area contributed by atoms with Gasteiger partial charge in [0.1, 0.15) is 17.8 Å². The number of nitrogens with zero attached hydrogens (tertiary/aromatic N) is 4. The molecular formula is C28H23N5O5. The van der Waals surface area contributed by atoms with E-state index in [0.717, 1.165) is 11.1 Å². The normalized spacial score (nSPS) is 22.8. The maximum absolute atomic E-state index is 11.6. The maximum Gasteiger partial charge on any atom is 0.323 e. The van der Waals surface area contributed by atoms with E-state index < -0.39 is 29.6 Å². The summed E-state index contributed by atoms with van der Waals surface area (Å²) in [6, 6.07) is 18.8. The van der Waals surface area contributed by atoms with Gasteiger partial charge in [-0.05, 0) is 59.7 Å². The molecule has 2 aliphatic rings. The Labute approximate surface area is 217 Å². The number of pyridine rings is 3. The van der Waals surface area contributed by atoms with Crippen molar-refractivity contribution in [2.24, 2.45) is 0 Å². The van der Waals surface area contributed by atoms with Gasteiger partial charge in [0, 0.05) is 18.3 Å². The first-order chi connectivity index (χ1) is 18.3. The molecule has 1 aromatic carbocycles. The number of methoxy groups -OCH3 is 1. The highest BCUT2D eigenvalue weighted by atomic mass is 16.5. The Bertz CT molecular complexity index is 1570.